The first-order valence-corrected chi connectivity index (χ1v) is 13.8. The number of rotatable bonds is 5. The summed E-state index contributed by atoms with van der Waals surface area (Å²) in [5, 5.41) is 3.39. The third-order valence-corrected chi connectivity index (χ3v) is 8.15. The SMILES string of the molecule is CN1C2=C(C(=O)CC(C)(C)C2)C(c2ccccc2OCC(=O)Nc2ccc(Cl)cc2)C2=C1CC(C)(C)CC2=O. The van der Waals surface area contributed by atoms with Crippen LogP contribution in [0.3, 0.4) is 0 Å². The number of nitrogens with zero attached hydrogens (tertiary/aromatic N) is 1. The van der Waals surface area contributed by atoms with E-state index in [-0.39, 0.29) is 34.9 Å². The Morgan fingerprint density at radius 2 is 1.44 bits per heavy atom. The van der Waals surface area contributed by atoms with E-state index in [9.17, 15) is 14.4 Å². The molecule has 1 N–H and O–H groups in total. The molecule has 0 saturated heterocycles. The summed E-state index contributed by atoms with van der Waals surface area (Å²) in [7, 11) is 1.99. The lowest BCUT2D eigenvalue weighted by molar-refractivity contribution is -0.120. The van der Waals surface area contributed by atoms with Crippen molar-refractivity contribution >= 4 is 34.8 Å². The van der Waals surface area contributed by atoms with Crippen molar-refractivity contribution in [2.24, 2.45) is 10.8 Å². The Kier molecular flexibility index (Phi) is 6.96. The predicted molar refractivity (Wildman–Crippen MR) is 153 cm³/mol. The number of allylic oxidation sites excluding steroid dienone is 4. The normalized spacial score (nSPS) is 20.5. The van der Waals surface area contributed by atoms with E-state index >= 15 is 0 Å². The van der Waals surface area contributed by atoms with Crippen molar-refractivity contribution < 1.29 is 19.1 Å². The van der Waals surface area contributed by atoms with Crippen LogP contribution in [0, 0.1) is 10.8 Å². The highest BCUT2D eigenvalue weighted by Crippen LogP contribution is 2.54. The van der Waals surface area contributed by atoms with Gasteiger partial charge in [0.15, 0.2) is 18.2 Å². The van der Waals surface area contributed by atoms with Crippen molar-refractivity contribution in [3.8, 4) is 5.75 Å². The zero-order valence-corrected chi connectivity index (χ0v) is 23.9. The molecule has 3 aliphatic rings. The lowest BCUT2D eigenvalue weighted by Gasteiger charge is -2.48. The summed E-state index contributed by atoms with van der Waals surface area (Å²) in [6.45, 7) is 8.26. The fourth-order valence-electron chi connectivity index (χ4n) is 6.20. The summed E-state index contributed by atoms with van der Waals surface area (Å²) in [5.41, 5.74) is 4.36. The Labute approximate surface area is 235 Å². The summed E-state index contributed by atoms with van der Waals surface area (Å²) in [4.78, 5) is 42.3. The Morgan fingerprint density at radius 1 is 0.897 bits per heavy atom. The summed E-state index contributed by atoms with van der Waals surface area (Å²) < 4.78 is 6.07. The summed E-state index contributed by atoms with van der Waals surface area (Å²) in [5.74, 6) is -0.211. The molecule has 204 valence electrons. The van der Waals surface area contributed by atoms with Crippen molar-refractivity contribution in [3.63, 3.8) is 0 Å². The standard InChI is InChI=1S/C32H35ClN2O4/c1-31(2)14-22-29(24(36)16-31)28(30-23(35(22)5)15-32(3,4)17-25(30)37)21-8-6-7-9-26(21)39-18-27(38)34-20-12-10-19(33)11-13-20/h6-13,28H,14-18H2,1-5H3,(H,34,38). The highest BCUT2D eigenvalue weighted by Gasteiger charge is 2.48. The van der Waals surface area contributed by atoms with Gasteiger partial charge < -0.3 is 15.0 Å². The van der Waals surface area contributed by atoms with E-state index in [1.54, 1.807) is 30.3 Å². The second kappa shape index (κ2) is 9.98. The number of benzene rings is 2. The number of carbonyl (C=O) groups is 3. The van der Waals surface area contributed by atoms with Crippen LogP contribution in [0.15, 0.2) is 71.1 Å². The molecule has 1 heterocycles. The van der Waals surface area contributed by atoms with Crippen LogP contribution in [0.1, 0.15) is 64.9 Å². The first kappa shape index (κ1) is 27.2. The highest BCUT2D eigenvalue weighted by molar-refractivity contribution is 6.30. The number of nitrogens with one attached hydrogen (secondary N) is 1. The van der Waals surface area contributed by atoms with Crippen molar-refractivity contribution in [2.75, 3.05) is 19.0 Å². The molecule has 0 bridgehead atoms. The zero-order valence-electron chi connectivity index (χ0n) is 23.2. The number of Topliss-reactive ketones (excluding diaryl/α,β-unsaturated/α-hetero) is 2. The van der Waals surface area contributed by atoms with Crippen LogP contribution < -0.4 is 10.1 Å². The number of hydrogen-bond acceptors (Lipinski definition) is 5. The van der Waals surface area contributed by atoms with Gasteiger partial charge in [0.05, 0.1) is 0 Å². The molecule has 0 atom stereocenters. The molecule has 0 fully saturated rings. The lowest BCUT2D eigenvalue weighted by atomic mass is 9.63. The van der Waals surface area contributed by atoms with Crippen molar-refractivity contribution in [2.45, 2.75) is 59.3 Å². The van der Waals surface area contributed by atoms with E-state index in [0.717, 1.165) is 29.8 Å². The zero-order chi connectivity index (χ0) is 28.1. The fraction of sp³-hybridized carbons (Fsp3) is 0.406. The fourth-order valence-corrected chi connectivity index (χ4v) is 6.33. The molecule has 7 heteroatoms. The molecule has 0 spiro atoms. The van der Waals surface area contributed by atoms with Gasteiger partial charge in [0.2, 0.25) is 0 Å². The minimum absolute atomic E-state index is 0.0672. The summed E-state index contributed by atoms with van der Waals surface area (Å²) in [6.07, 6.45) is 2.34. The molecular weight excluding hydrogens is 512 g/mol. The number of hydrogen-bond donors (Lipinski definition) is 1. The van der Waals surface area contributed by atoms with Crippen LogP contribution in [0.2, 0.25) is 5.02 Å². The van der Waals surface area contributed by atoms with Crippen LogP contribution in [-0.4, -0.2) is 36.0 Å². The van der Waals surface area contributed by atoms with Crippen molar-refractivity contribution in [1.29, 1.82) is 0 Å². The van der Waals surface area contributed by atoms with Crippen LogP contribution in [-0.2, 0) is 14.4 Å². The van der Waals surface area contributed by atoms with Gasteiger partial charge in [-0.3, -0.25) is 14.4 Å². The van der Waals surface area contributed by atoms with Gasteiger partial charge in [-0.1, -0.05) is 57.5 Å². The maximum Gasteiger partial charge on any atom is 0.262 e. The van der Waals surface area contributed by atoms with E-state index in [4.69, 9.17) is 16.3 Å². The average molecular weight is 547 g/mol. The van der Waals surface area contributed by atoms with Gasteiger partial charge >= 0.3 is 0 Å². The maximum absolute atomic E-state index is 13.8. The molecule has 0 unspecified atom stereocenters. The van der Waals surface area contributed by atoms with Crippen molar-refractivity contribution in [3.05, 3.63) is 81.7 Å². The topological polar surface area (TPSA) is 75.7 Å². The molecule has 1 aliphatic heterocycles. The van der Waals surface area contributed by atoms with Crippen LogP contribution in [0.25, 0.3) is 0 Å². The second-order valence-electron chi connectivity index (χ2n) is 12.5. The van der Waals surface area contributed by atoms with Gasteiger partial charge in [0, 0.05) is 64.6 Å². The van der Waals surface area contributed by atoms with E-state index in [0.29, 0.717) is 40.4 Å². The monoisotopic (exact) mass is 546 g/mol. The van der Waals surface area contributed by atoms with Crippen LogP contribution in [0.4, 0.5) is 5.69 Å². The van der Waals surface area contributed by atoms with Gasteiger partial charge in [-0.25, -0.2) is 0 Å². The quantitative estimate of drug-likeness (QED) is 0.453. The molecule has 6 nitrogen and oxygen atoms in total. The summed E-state index contributed by atoms with van der Waals surface area (Å²) >= 11 is 5.94. The summed E-state index contributed by atoms with van der Waals surface area (Å²) in [6, 6.07) is 14.3. The van der Waals surface area contributed by atoms with Gasteiger partial charge in [-0.2, -0.15) is 0 Å². The molecule has 0 aromatic heterocycles. The number of halogens is 1. The molecular formula is C32H35ClN2O4. The van der Waals surface area contributed by atoms with Gasteiger partial charge in [-0.15, -0.1) is 0 Å². The molecule has 2 aromatic rings. The van der Waals surface area contributed by atoms with Gasteiger partial charge in [0.1, 0.15) is 5.75 Å². The molecule has 2 aliphatic carbocycles. The predicted octanol–water partition coefficient (Wildman–Crippen LogP) is 6.67. The first-order chi connectivity index (χ1) is 18.3. The minimum Gasteiger partial charge on any atom is -0.483 e. The third kappa shape index (κ3) is 5.40. The van der Waals surface area contributed by atoms with E-state index in [1.165, 1.54) is 0 Å². The van der Waals surface area contributed by atoms with E-state index < -0.39 is 5.92 Å². The van der Waals surface area contributed by atoms with E-state index in [2.05, 4.69) is 37.9 Å². The Morgan fingerprint density at radius 3 is 2.00 bits per heavy atom. The minimum atomic E-state index is -0.520. The number of carbonyl (C=O) groups excluding carboxylic acids is 3. The second-order valence-corrected chi connectivity index (χ2v) is 12.9. The number of ketones is 2. The molecule has 0 saturated carbocycles. The maximum atomic E-state index is 13.8. The Balaban J connectivity index is 1.53. The number of anilines is 1. The highest BCUT2D eigenvalue weighted by atomic mass is 35.5. The van der Waals surface area contributed by atoms with Crippen molar-refractivity contribution in [1.82, 2.24) is 4.90 Å². The van der Waals surface area contributed by atoms with Crippen LogP contribution in [0.5, 0.6) is 5.75 Å². The largest absolute Gasteiger partial charge is 0.483 e. The first-order valence-electron chi connectivity index (χ1n) is 13.4. The smallest absolute Gasteiger partial charge is 0.262 e. The van der Waals surface area contributed by atoms with Gasteiger partial charge in [0.25, 0.3) is 5.91 Å². The molecule has 5 rings (SSSR count). The third-order valence-electron chi connectivity index (χ3n) is 7.90. The Bertz CT molecular complexity index is 1360. The number of amides is 1. The van der Waals surface area contributed by atoms with Crippen LogP contribution >= 0.6 is 11.6 Å². The number of para-hydroxylation sites is 1. The molecule has 39 heavy (non-hydrogen) atoms. The Hall–Kier alpha value is -3.38. The van der Waals surface area contributed by atoms with E-state index in [1.807, 2.05) is 25.2 Å². The molecule has 2 aromatic carbocycles. The average Bonchev–Trinajstić information content (AvgIpc) is 2.84. The lowest BCUT2D eigenvalue weighted by Crippen LogP contribution is -2.43. The molecule has 1 amide bonds. The molecule has 0 radical (unpaired) electrons. The number of ether oxygens (including phenoxy) is 1. The van der Waals surface area contributed by atoms with Gasteiger partial charge in [-0.05, 0) is 54.0 Å².